The first-order valence-electron chi connectivity index (χ1n) is 3.69. The molecule has 0 aliphatic heterocycles. The van der Waals surface area contributed by atoms with Crippen LogP contribution in [0.1, 0.15) is 10.4 Å². The van der Waals surface area contributed by atoms with Crippen LogP contribution in [-0.2, 0) is 0 Å². The van der Waals surface area contributed by atoms with Crippen molar-refractivity contribution in [2.24, 2.45) is 0 Å². The van der Waals surface area contributed by atoms with Gasteiger partial charge < -0.3 is 0 Å². The number of nitrogens with zero attached hydrogens (tertiary/aromatic N) is 2. The van der Waals surface area contributed by atoms with Gasteiger partial charge in [0.2, 0.25) is 0 Å². The van der Waals surface area contributed by atoms with E-state index >= 15 is 0 Å². The summed E-state index contributed by atoms with van der Waals surface area (Å²) in [6.45, 7) is 0. The lowest BCUT2D eigenvalue weighted by Gasteiger charge is -1.99. The SMILES string of the molecule is N#CNC(=O)c1ccc(F)cc1[N+](=O)[O-]. The molecule has 0 aliphatic carbocycles. The summed E-state index contributed by atoms with van der Waals surface area (Å²) in [6.07, 6.45) is 1.33. The second-order valence-electron chi connectivity index (χ2n) is 2.48. The van der Waals surface area contributed by atoms with E-state index in [1.54, 1.807) is 5.32 Å². The summed E-state index contributed by atoms with van der Waals surface area (Å²) in [6, 6.07) is 2.46. The molecule has 15 heavy (non-hydrogen) atoms. The smallest absolute Gasteiger partial charge is 0.268 e. The summed E-state index contributed by atoms with van der Waals surface area (Å²) in [4.78, 5) is 20.7. The standard InChI is InChI=1S/C8H4FN3O3/c9-5-1-2-6(8(13)11-4-10)7(3-5)12(14)15/h1-3H,(H,11,13). The minimum atomic E-state index is -0.941. The Hall–Kier alpha value is -2.49. The van der Waals surface area contributed by atoms with Gasteiger partial charge in [-0.25, -0.2) is 4.39 Å². The second kappa shape index (κ2) is 4.15. The van der Waals surface area contributed by atoms with Gasteiger partial charge in [-0.2, -0.15) is 5.26 Å². The van der Waals surface area contributed by atoms with E-state index in [1.165, 1.54) is 6.19 Å². The lowest BCUT2D eigenvalue weighted by molar-refractivity contribution is -0.385. The summed E-state index contributed by atoms with van der Waals surface area (Å²) < 4.78 is 12.7. The largest absolute Gasteiger partial charge is 0.285 e. The van der Waals surface area contributed by atoms with E-state index in [1.807, 2.05) is 0 Å². The van der Waals surface area contributed by atoms with E-state index in [-0.39, 0.29) is 5.56 Å². The summed E-state index contributed by atoms with van der Waals surface area (Å²) in [5, 5.41) is 20.3. The molecule has 1 aromatic rings. The number of rotatable bonds is 2. The topological polar surface area (TPSA) is 96.0 Å². The van der Waals surface area contributed by atoms with Crippen molar-refractivity contribution in [2.75, 3.05) is 0 Å². The number of amides is 1. The van der Waals surface area contributed by atoms with Crippen LogP contribution in [0.15, 0.2) is 18.2 Å². The number of halogens is 1. The van der Waals surface area contributed by atoms with Gasteiger partial charge in [0.15, 0.2) is 6.19 Å². The number of hydrogen-bond donors (Lipinski definition) is 1. The van der Waals surface area contributed by atoms with Crippen LogP contribution in [0.5, 0.6) is 0 Å². The molecule has 0 atom stereocenters. The van der Waals surface area contributed by atoms with Gasteiger partial charge in [0, 0.05) is 0 Å². The predicted molar refractivity (Wildman–Crippen MR) is 46.1 cm³/mol. The van der Waals surface area contributed by atoms with E-state index in [0.717, 1.165) is 12.1 Å². The van der Waals surface area contributed by atoms with Crippen LogP contribution in [-0.4, -0.2) is 10.8 Å². The Balaban J connectivity index is 3.24. The maximum atomic E-state index is 12.7. The van der Waals surface area contributed by atoms with Crippen molar-refractivity contribution in [3.8, 4) is 6.19 Å². The fourth-order valence-electron chi connectivity index (χ4n) is 0.966. The Morgan fingerprint density at radius 1 is 1.60 bits per heavy atom. The molecule has 76 valence electrons. The van der Waals surface area contributed by atoms with Crippen molar-refractivity contribution in [2.45, 2.75) is 0 Å². The van der Waals surface area contributed by atoms with Gasteiger partial charge in [0.05, 0.1) is 11.0 Å². The lowest BCUT2D eigenvalue weighted by Crippen LogP contribution is -2.18. The van der Waals surface area contributed by atoms with Crippen molar-refractivity contribution in [3.05, 3.63) is 39.7 Å². The third-order valence-electron chi connectivity index (χ3n) is 1.57. The van der Waals surface area contributed by atoms with Gasteiger partial charge in [-0.05, 0) is 12.1 Å². The molecule has 0 bridgehead atoms. The third kappa shape index (κ3) is 2.25. The number of nitro benzene ring substituents is 1. The highest BCUT2D eigenvalue weighted by Crippen LogP contribution is 2.19. The molecule has 6 nitrogen and oxygen atoms in total. The quantitative estimate of drug-likeness (QED) is 0.339. The molecule has 1 aromatic carbocycles. The van der Waals surface area contributed by atoms with Gasteiger partial charge >= 0.3 is 0 Å². The maximum absolute atomic E-state index is 12.7. The number of nitriles is 1. The molecular weight excluding hydrogens is 205 g/mol. The van der Waals surface area contributed by atoms with Crippen LogP contribution in [0.2, 0.25) is 0 Å². The van der Waals surface area contributed by atoms with Crippen LogP contribution in [0.3, 0.4) is 0 Å². The van der Waals surface area contributed by atoms with Crippen LogP contribution < -0.4 is 5.32 Å². The fraction of sp³-hybridized carbons (Fsp3) is 0. The number of nitrogens with one attached hydrogen (secondary N) is 1. The van der Waals surface area contributed by atoms with Crippen molar-refractivity contribution >= 4 is 11.6 Å². The van der Waals surface area contributed by atoms with E-state index in [9.17, 15) is 19.3 Å². The average Bonchev–Trinajstić information content (AvgIpc) is 2.17. The zero-order valence-electron chi connectivity index (χ0n) is 7.23. The van der Waals surface area contributed by atoms with Crippen LogP contribution in [0.25, 0.3) is 0 Å². The maximum Gasteiger partial charge on any atom is 0.285 e. The third-order valence-corrected chi connectivity index (χ3v) is 1.57. The molecule has 0 unspecified atom stereocenters. The van der Waals surface area contributed by atoms with E-state index in [0.29, 0.717) is 6.07 Å². The second-order valence-corrected chi connectivity index (χ2v) is 2.48. The molecule has 0 radical (unpaired) electrons. The minimum absolute atomic E-state index is 0.358. The first-order valence-corrected chi connectivity index (χ1v) is 3.69. The monoisotopic (exact) mass is 209 g/mol. The molecule has 0 saturated carbocycles. The van der Waals surface area contributed by atoms with Crippen molar-refractivity contribution in [1.82, 2.24) is 5.32 Å². The number of hydrogen-bond acceptors (Lipinski definition) is 4. The molecule has 1 amide bonds. The highest BCUT2D eigenvalue weighted by Gasteiger charge is 2.20. The molecule has 0 fully saturated rings. The Morgan fingerprint density at radius 2 is 2.27 bits per heavy atom. The molecule has 0 spiro atoms. The summed E-state index contributed by atoms with van der Waals surface area (Å²) in [7, 11) is 0. The summed E-state index contributed by atoms with van der Waals surface area (Å²) in [5.41, 5.74) is -1.04. The predicted octanol–water partition coefficient (Wildman–Crippen LogP) is 0.945. The van der Waals surface area contributed by atoms with Gasteiger partial charge in [0.1, 0.15) is 11.4 Å². The Morgan fingerprint density at radius 3 is 2.80 bits per heavy atom. The number of carbonyl (C=O) groups excluding carboxylic acids is 1. The Labute approximate surface area is 83.1 Å². The highest BCUT2D eigenvalue weighted by atomic mass is 19.1. The van der Waals surface area contributed by atoms with Crippen LogP contribution in [0.4, 0.5) is 10.1 Å². The zero-order valence-corrected chi connectivity index (χ0v) is 7.23. The van der Waals surface area contributed by atoms with Gasteiger partial charge in [-0.15, -0.1) is 0 Å². The van der Waals surface area contributed by atoms with Crippen molar-refractivity contribution in [1.29, 1.82) is 5.26 Å². The fourth-order valence-corrected chi connectivity index (χ4v) is 0.966. The molecule has 0 aromatic heterocycles. The normalized spacial score (nSPS) is 9.07. The van der Waals surface area contributed by atoms with E-state index in [2.05, 4.69) is 0 Å². The van der Waals surface area contributed by atoms with E-state index < -0.39 is 22.3 Å². The molecule has 1 rings (SSSR count). The van der Waals surface area contributed by atoms with Gasteiger partial charge in [-0.1, -0.05) is 0 Å². The van der Waals surface area contributed by atoms with E-state index in [4.69, 9.17) is 5.26 Å². The minimum Gasteiger partial charge on any atom is -0.268 e. The van der Waals surface area contributed by atoms with Crippen LogP contribution >= 0.6 is 0 Å². The van der Waals surface area contributed by atoms with Gasteiger partial charge in [0.25, 0.3) is 11.6 Å². The molecule has 0 aliphatic rings. The molecular formula is C8H4FN3O3. The van der Waals surface area contributed by atoms with Crippen molar-refractivity contribution < 1.29 is 14.1 Å². The average molecular weight is 209 g/mol. The van der Waals surface area contributed by atoms with Crippen LogP contribution in [0, 0.1) is 27.4 Å². The lowest BCUT2D eigenvalue weighted by atomic mass is 10.1. The zero-order chi connectivity index (χ0) is 11.4. The first-order chi connectivity index (χ1) is 7.06. The number of nitro groups is 1. The number of benzene rings is 1. The molecule has 1 N–H and O–H groups in total. The summed E-state index contributed by atoms with van der Waals surface area (Å²) >= 11 is 0. The highest BCUT2D eigenvalue weighted by molar-refractivity contribution is 5.98. The van der Waals surface area contributed by atoms with Crippen molar-refractivity contribution in [3.63, 3.8) is 0 Å². The number of carbonyl (C=O) groups is 1. The summed E-state index contributed by atoms with van der Waals surface area (Å²) in [5.74, 6) is -1.76. The van der Waals surface area contributed by atoms with Gasteiger partial charge in [-0.3, -0.25) is 20.2 Å². The first kappa shape index (κ1) is 10.6. The molecule has 7 heteroatoms. The Kier molecular flexibility index (Phi) is 2.93. The Bertz CT molecular complexity index is 467. The molecule has 0 saturated heterocycles. The molecule has 0 heterocycles.